The van der Waals surface area contributed by atoms with Gasteiger partial charge in [0, 0.05) is 24.3 Å². The van der Waals surface area contributed by atoms with Crippen molar-refractivity contribution in [1.82, 2.24) is 0 Å². The lowest BCUT2D eigenvalue weighted by Crippen LogP contribution is -2.41. The third-order valence-corrected chi connectivity index (χ3v) is 6.45. The van der Waals surface area contributed by atoms with E-state index in [4.69, 9.17) is 9.47 Å². The van der Waals surface area contributed by atoms with Crippen molar-refractivity contribution in [3.05, 3.63) is 97.1 Å². The van der Waals surface area contributed by atoms with Crippen molar-refractivity contribution in [2.45, 2.75) is 18.5 Å². The second-order valence-corrected chi connectivity index (χ2v) is 8.88. The average Bonchev–Trinajstić information content (AvgIpc) is 3.43. The van der Waals surface area contributed by atoms with E-state index in [0.29, 0.717) is 0 Å². The van der Waals surface area contributed by atoms with Gasteiger partial charge >= 0.3 is 6.18 Å². The summed E-state index contributed by atoms with van der Waals surface area (Å²) in [7, 11) is 0. The van der Waals surface area contributed by atoms with E-state index in [1.54, 1.807) is 0 Å². The van der Waals surface area contributed by atoms with E-state index >= 15 is 0 Å². The predicted molar refractivity (Wildman–Crippen MR) is 140 cm³/mol. The van der Waals surface area contributed by atoms with E-state index in [9.17, 15) is 32.3 Å². The Hall–Kier alpha value is -4.93. The van der Waals surface area contributed by atoms with Gasteiger partial charge in [0.15, 0.2) is 0 Å². The van der Waals surface area contributed by atoms with Crippen LogP contribution in [0.1, 0.15) is 18.1 Å². The van der Waals surface area contributed by atoms with Gasteiger partial charge < -0.3 is 9.47 Å². The van der Waals surface area contributed by atoms with Crippen molar-refractivity contribution in [1.29, 1.82) is 0 Å². The number of ether oxygens (including phenoxy) is 2. The molecule has 2 aliphatic heterocycles. The van der Waals surface area contributed by atoms with E-state index in [1.807, 2.05) is 0 Å². The summed E-state index contributed by atoms with van der Waals surface area (Å²) in [4.78, 5) is 50.7. The van der Waals surface area contributed by atoms with Crippen molar-refractivity contribution in [2.24, 2.45) is 0 Å². The van der Waals surface area contributed by atoms with Gasteiger partial charge in [-0.15, -0.1) is 0 Å². The summed E-state index contributed by atoms with van der Waals surface area (Å²) >= 11 is 0. The molecular weight excluding hydrogens is 529 g/mol. The normalized spacial score (nSPS) is 15.3. The van der Waals surface area contributed by atoms with Crippen LogP contribution in [0.25, 0.3) is 0 Å². The third-order valence-electron chi connectivity index (χ3n) is 6.45. The molecular formula is C29H23F3N2O6. The van der Waals surface area contributed by atoms with E-state index < -0.39 is 35.2 Å². The monoisotopic (exact) mass is 552 g/mol. The van der Waals surface area contributed by atoms with Gasteiger partial charge in [0.1, 0.15) is 30.1 Å². The van der Waals surface area contributed by atoms with Gasteiger partial charge in [0.05, 0.1) is 11.4 Å². The Morgan fingerprint density at radius 1 is 0.700 bits per heavy atom. The quantitative estimate of drug-likeness (QED) is 0.317. The number of carbonyl (C=O) groups is 4. The SMILES string of the molecule is C=CCOc1cc(C(C)(c2ccc(N3C(=O)C=CC3=O)c(OCC=C)c2)C(F)(F)F)ccc1N1C(=O)C=CC1=O. The van der Waals surface area contributed by atoms with Crippen LogP contribution in [-0.2, 0) is 24.6 Å². The molecule has 0 bridgehead atoms. The molecule has 4 amide bonds. The fourth-order valence-electron chi connectivity index (χ4n) is 4.32. The van der Waals surface area contributed by atoms with Crippen molar-refractivity contribution in [2.75, 3.05) is 23.0 Å². The molecule has 4 rings (SSSR count). The second kappa shape index (κ2) is 10.7. The minimum absolute atomic E-state index is 0.0287. The molecule has 11 heteroatoms. The molecule has 0 saturated heterocycles. The summed E-state index contributed by atoms with van der Waals surface area (Å²) < 4.78 is 55.9. The summed E-state index contributed by atoms with van der Waals surface area (Å²) in [5.74, 6) is -2.95. The van der Waals surface area contributed by atoms with Gasteiger partial charge in [-0.05, 0) is 42.3 Å². The standard InChI is InChI=1S/C29H23F3N2O6/c1-4-14-39-22-16-18(6-8-20(22)33-24(35)10-11-25(33)36)28(3,29(30,31)32)19-7-9-21(23(17-19)40-15-5-2)34-26(37)12-13-27(34)38/h4-13,16-17H,1-2,14-15H2,3H3. The summed E-state index contributed by atoms with van der Waals surface area (Å²) in [5.41, 5.74) is -3.27. The second-order valence-electron chi connectivity index (χ2n) is 8.88. The van der Waals surface area contributed by atoms with Gasteiger partial charge in [0.2, 0.25) is 0 Å². The molecule has 2 aliphatic rings. The number of hydrogen-bond acceptors (Lipinski definition) is 6. The fourth-order valence-corrected chi connectivity index (χ4v) is 4.32. The maximum atomic E-state index is 14.9. The molecule has 0 radical (unpaired) electrons. The highest BCUT2D eigenvalue weighted by Gasteiger charge is 2.54. The lowest BCUT2D eigenvalue weighted by molar-refractivity contribution is -0.173. The molecule has 0 aromatic heterocycles. The first-order valence-electron chi connectivity index (χ1n) is 11.9. The summed E-state index contributed by atoms with van der Waals surface area (Å²) in [6.45, 7) is 7.80. The van der Waals surface area contributed by atoms with Gasteiger partial charge in [-0.1, -0.05) is 37.4 Å². The zero-order valence-electron chi connectivity index (χ0n) is 21.2. The molecule has 0 aliphatic carbocycles. The molecule has 0 saturated carbocycles. The van der Waals surface area contributed by atoms with E-state index in [2.05, 4.69) is 13.2 Å². The highest BCUT2D eigenvalue weighted by molar-refractivity contribution is 6.29. The lowest BCUT2D eigenvalue weighted by Gasteiger charge is -2.34. The maximum Gasteiger partial charge on any atom is 0.402 e. The summed E-state index contributed by atoms with van der Waals surface area (Å²) in [6, 6.07) is 6.94. The molecule has 0 atom stereocenters. The number of rotatable bonds is 10. The number of benzene rings is 2. The molecule has 0 fully saturated rings. The Morgan fingerprint density at radius 2 is 1.05 bits per heavy atom. The number of imide groups is 2. The van der Waals surface area contributed by atoms with E-state index in [1.165, 1.54) is 24.3 Å². The Balaban J connectivity index is 1.88. The molecule has 8 nitrogen and oxygen atoms in total. The maximum absolute atomic E-state index is 14.9. The first-order chi connectivity index (χ1) is 18.9. The number of hydrogen-bond donors (Lipinski definition) is 0. The van der Waals surface area contributed by atoms with Crippen LogP contribution in [0.3, 0.4) is 0 Å². The van der Waals surface area contributed by atoms with Crippen LogP contribution in [0.4, 0.5) is 24.5 Å². The van der Waals surface area contributed by atoms with Gasteiger partial charge in [-0.25, -0.2) is 9.80 Å². The van der Waals surface area contributed by atoms with Crippen molar-refractivity contribution in [3.8, 4) is 11.5 Å². The molecule has 2 aromatic rings. The molecule has 0 N–H and O–H groups in total. The number of halogens is 3. The fraction of sp³-hybridized carbons (Fsp3) is 0.172. The largest absolute Gasteiger partial charge is 0.487 e. The minimum atomic E-state index is -4.87. The Bertz CT molecular complexity index is 1350. The summed E-state index contributed by atoms with van der Waals surface area (Å²) in [5, 5.41) is 0. The van der Waals surface area contributed by atoms with E-state index in [-0.39, 0.29) is 47.2 Å². The van der Waals surface area contributed by atoms with Crippen molar-refractivity contribution >= 4 is 35.0 Å². The molecule has 0 spiro atoms. The zero-order valence-corrected chi connectivity index (χ0v) is 21.2. The number of amides is 4. The van der Waals surface area contributed by atoms with Gasteiger partial charge in [-0.2, -0.15) is 13.2 Å². The number of nitrogens with zero attached hydrogens (tertiary/aromatic N) is 2. The van der Waals surface area contributed by atoms with Crippen molar-refractivity contribution in [3.63, 3.8) is 0 Å². The zero-order chi connectivity index (χ0) is 29.2. The highest BCUT2D eigenvalue weighted by Crippen LogP contribution is 2.49. The predicted octanol–water partition coefficient (Wildman–Crippen LogP) is 4.54. The number of carbonyl (C=O) groups excluding carboxylic acids is 4. The van der Waals surface area contributed by atoms with E-state index in [0.717, 1.165) is 65.3 Å². The van der Waals surface area contributed by atoms with Gasteiger partial charge in [-0.3, -0.25) is 19.2 Å². The molecule has 0 unspecified atom stereocenters. The van der Waals surface area contributed by atoms with Crippen LogP contribution >= 0.6 is 0 Å². The Kier molecular flexibility index (Phi) is 7.50. The smallest absolute Gasteiger partial charge is 0.402 e. The minimum Gasteiger partial charge on any atom is -0.487 e. The van der Waals surface area contributed by atoms with Crippen molar-refractivity contribution < 1.29 is 41.8 Å². The molecule has 40 heavy (non-hydrogen) atoms. The first kappa shape index (κ1) is 28.1. The molecule has 2 aromatic carbocycles. The van der Waals surface area contributed by atoms with Crippen LogP contribution in [0, 0.1) is 0 Å². The van der Waals surface area contributed by atoms with Crippen LogP contribution in [0.15, 0.2) is 86.0 Å². The van der Waals surface area contributed by atoms with Crippen LogP contribution in [-0.4, -0.2) is 43.0 Å². The first-order valence-corrected chi connectivity index (χ1v) is 11.9. The third kappa shape index (κ3) is 4.81. The highest BCUT2D eigenvalue weighted by atomic mass is 19.4. The topological polar surface area (TPSA) is 93.2 Å². The molecule has 2 heterocycles. The van der Waals surface area contributed by atoms with Crippen LogP contribution < -0.4 is 19.3 Å². The Morgan fingerprint density at radius 3 is 1.35 bits per heavy atom. The number of anilines is 2. The lowest BCUT2D eigenvalue weighted by atomic mass is 9.75. The Labute approximate surface area is 227 Å². The average molecular weight is 553 g/mol. The van der Waals surface area contributed by atoms with Crippen LogP contribution in [0.2, 0.25) is 0 Å². The summed E-state index contributed by atoms with van der Waals surface area (Å²) in [6.07, 6.45) is 2.04. The van der Waals surface area contributed by atoms with Gasteiger partial charge in [0.25, 0.3) is 23.6 Å². The molecule has 206 valence electrons. The number of alkyl halides is 3. The van der Waals surface area contributed by atoms with Crippen LogP contribution in [0.5, 0.6) is 11.5 Å².